The Labute approximate surface area is 75.4 Å². The van der Waals surface area contributed by atoms with Crippen molar-refractivity contribution < 1.29 is 0 Å². The predicted octanol–water partition coefficient (Wildman–Crippen LogP) is 1.38. The minimum Gasteiger partial charge on any atom is -0.327 e. The molecule has 1 fully saturated rings. The SMILES string of the molecule is CC1(C)CCCN1C/C=C/CN. The molecule has 0 aliphatic carbocycles. The van der Waals surface area contributed by atoms with Gasteiger partial charge < -0.3 is 5.73 Å². The van der Waals surface area contributed by atoms with Gasteiger partial charge >= 0.3 is 0 Å². The lowest BCUT2D eigenvalue weighted by Gasteiger charge is -2.30. The van der Waals surface area contributed by atoms with Gasteiger partial charge in [-0.1, -0.05) is 12.2 Å². The molecular weight excluding hydrogens is 148 g/mol. The maximum atomic E-state index is 5.38. The van der Waals surface area contributed by atoms with E-state index in [1.54, 1.807) is 0 Å². The number of hydrogen-bond donors (Lipinski definition) is 1. The zero-order chi connectivity index (χ0) is 9.03. The highest BCUT2D eigenvalue weighted by atomic mass is 15.2. The van der Waals surface area contributed by atoms with Crippen molar-refractivity contribution in [2.45, 2.75) is 32.2 Å². The maximum Gasteiger partial charge on any atom is 0.0168 e. The third-order valence-corrected chi connectivity index (χ3v) is 2.70. The second-order valence-electron chi connectivity index (χ2n) is 4.07. The van der Waals surface area contributed by atoms with Crippen LogP contribution in [0.2, 0.25) is 0 Å². The molecule has 0 aromatic heterocycles. The monoisotopic (exact) mass is 168 g/mol. The normalized spacial score (nSPS) is 23.9. The molecule has 0 bridgehead atoms. The maximum absolute atomic E-state index is 5.38. The third kappa shape index (κ3) is 2.32. The van der Waals surface area contributed by atoms with Gasteiger partial charge in [-0.05, 0) is 33.2 Å². The van der Waals surface area contributed by atoms with E-state index in [0.29, 0.717) is 12.1 Å². The molecule has 12 heavy (non-hydrogen) atoms. The summed E-state index contributed by atoms with van der Waals surface area (Å²) in [5.41, 5.74) is 5.78. The van der Waals surface area contributed by atoms with Crippen LogP contribution < -0.4 is 5.73 Å². The van der Waals surface area contributed by atoms with E-state index >= 15 is 0 Å². The van der Waals surface area contributed by atoms with Crippen molar-refractivity contribution in [3.05, 3.63) is 12.2 Å². The second-order valence-corrected chi connectivity index (χ2v) is 4.07. The first-order valence-corrected chi connectivity index (χ1v) is 4.77. The first kappa shape index (κ1) is 9.75. The van der Waals surface area contributed by atoms with Gasteiger partial charge in [0.2, 0.25) is 0 Å². The van der Waals surface area contributed by atoms with Gasteiger partial charge in [-0.2, -0.15) is 0 Å². The number of nitrogens with zero attached hydrogens (tertiary/aromatic N) is 1. The van der Waals surface area contributed by atoms with Gasteiger partial charge in [-0.3, -0.25) is 4.90 Å². The third-order valence-electron chi connectivity index (χ3n) is 2.70. The zero-order valence-electron chi connectivity index (χ0n) is 8.21. The fraction of sp³-hybridized carbons (Fsp3) is 0.800. The summed E-state index contributed by atoms with van der Waals surface area (Å²) in [6.45, 7) is 7.59. The summed E-state index contributed by atoms with van der Waals surface area (Å²) in [4.78, 5) is 2.51. The van der Waals surface area contributed by atoms with Crippen LogP contribution in [-0.2, 0) is 0 Å². The Balaban J connectivity index is 2.36. The van der Waals surface area contributed by atoms with Crippen LogP contribution in [0.1, 0.15) is 26.7 Å². The van der Waals surface area contributed by atoms with E-state index in [1.165, 1.54) is 19.4 Å². The Kier molecular flexibility index (Phi) is 3.29. The molecule has 0 spiro atoms. The van der Waals surface area contributed by atoms with Crippen LogP contribution >= 0.6 is 0 Å². The Morgan fingerprint density at radius 2 is 2.17 bits per heavy atom. The molecule has 1 aliphatic rings. The van der Waals surface area contributed by atoms with Gasteiger partial charge in [0, 0.05) is 18.6 Å². The fourth-order valence-corrected chi connectivity index (χ4v) is 1.80. The van der Waals surface area contributed by atoms with Crippen LogP contribution in [0.3, 0.4) is 0 Å². The molecule has 2 nitrogen and oxygen atoms in total. The molecule has 2 N–H and O–H groups in total. The first-order valence-electron chi connectivity index (χ1n) is 4.77. The van der Waals surface area contributed by atoms with Gasteiger partial charge in [-0.15, -0.1) is 0 Å². The summed E-state index contributed by atoms with van der Waals surface area (Å²) in [6, 6.07) is 0. The highest BCUT2D eigenvalue weighted by Gasteiger charge is 2.30. The lowest BCUT2D eigenvalue weighted by atomic mass is 10.0. The minimum absolute atomic E-state index is 0.402. The number of nitrogens with two attached hydrogens (primary N) is 1. The molecule has 0 amide bonds. The molecule has 1 aliphatic heterocycles. The van der Waals surface area contributed by atoms with Crippen LogP contribution in [0.4, 0.5) is 0 Å². The van der Waals surface area contributed by atoms with Crippen molar-refractivity contribution in [1.29, 1.82) is 0 Å². The molecule has 0 aromatic rings. The van der Waals surface area contributed by atoms with Crippen LogP contribution in [0, 0.1) is 0 Å². The summed E-state index contributed by atoms with van der Waals surface area (Å²) in [7, 11) is 0. The smallest absolute Gasteiger partial charge is 0.0168 e. The van der Waals surface area contributed by atoms with E-state index in [1.807, 2.05) is 6.08 Å². The molecule has 70 valence electrons. The second kappa shape index (κ2) is 4.06. The lowest BCUT2D eigenvalue weighted by Crippen LogP contribution is -2.38. The lowest BCUT2D eigenvalue weighted by molar-refractivity contribution is 0.195. The van der Waals surface area contributed by atoms with Gasteiger partial charge in [0.25, 0.3) is 0 Å². The predicted molar refractivity (Wildman–Crippen MR) is 53.1 cm³/mol. The van der Waals surface area contributed by atoms with E-state index in [4.69, 9.17) is 5.73 Å². The minimum atomic E-state index is 0.402. The van der Waals surface area contributed by atoms with E-state index in [-0.39, 0.29) is 0 Å². The quantitative estimate of drug-likeness (QED) is 0.645. The highest BCUT2D eigenvalue weighted by molar-refractivity contribution is 4.94. The van der Waals surface area contributed by atoms with Gasteiger partial charge in [-0.25, -0.2) is 0 Å². The van der Waals surface area contributed by atoms with Crippen LogP contribution in [0.5, 0.6) is 0 Å². The van der Waals surface area contributed by atoms with Gasteiger partial charge in [0.05, 0.1) is 0 Å². The molecule has 0 unspecified atom stereocenters. The molecule has 0 saturated carbocycles. The van der Waals surface area contributed by atoms with E-state index in [9.17, 15) is 0 Å². The average Bonchev–Trinajstić information content (AvgIpc) is 2.32. The Bertz CT molecular complexity index is 161. The molecule has 1 rings (SSSR count). The summed E-state index contributed by atoms with van der Waals surface area (Å²) < 4.78 is 0. The largest absolute Gasteiger partial charge is 0.327 e. The molecular formula is C10H20N2. The Morgan fingerprint density at radius 3 is 2.67 bits per heavy atom. The van der Waals surface area contributed by atoms with Crippen molar-refractivity contribution in [2.75, 3.05) is 19.6 Å². The van der Waals surface area contributed by atoms with E-state index < -0.39 is 0 Å². The van der Waals surface area contributed by atoms with Crippen molar-refractivity contribution in [3.8, 4) is 0 Å². The van der Waals surface area contributed by atoms with Gasteiger partial charge in [0.15, 0.2) is 0 Å². The number of rotatable bonds is 3. The standard InChI is InChI=1S/C10H20N2/c1-10(2)6-5-9-12(10)8-4-3-7-11/h3-4H,5-9,11H2,1-2H3/b4-3+. The van der Waals surface area contributed by atoms with Crippen molar-refractivity contribution >= 4 is 0 Å². The van der Waals surface area contributed by atoms with Crippen LogP contribution in [-0.4, -0.2) is 30.1 Å². The first-order chi connectivity index (χ1) is 5.67. The molecule has 1 saturated heterocycles. The summed E-state index contributed by atoms with van der Waals surface area (Å²) in [5, 5.41) is 0. The molecule has 0 radical (unpaired) electrons. The topological polar surface area (TPSA) is 29.3 Å². The molecule has 1 heterocycles. The number of likely N-dealkylation sites (tertiary alicyclic amines) is 1. The van der Waals surface area contributed by atoms with Gasteiger partial charge in [0.1, 0.15) is 0 Å². The Morgan fingerprint density at radius 1 is 1.42 bits per heavy atom. The highest BCUT2D eigenvalue weighted by Crippen LogP contribution is 2.27. The summed E-state index contributed by atoms with van der Waals surface area (Å²) in [6.07, 6.45) is 6.87. The van der Waals surface area contributed by atoms with Crippen molar-refractivity contribution in [1.82, 2.24) is 4.90 Å². The Hall–Kier alpha value is -0.340. The zero-order valence-corrected chi connectivity index (χ0v) is 8.21. The van der Waals surface area contributed by atoms with Crippen LogP contribution in [0.25, 0.3) is 0 Å². The fourth-order valence-electron chi connectivity index (χ4n) is 1.80. The van der Waals surface area contributed by atoms with Crippen molar-refractivity contribution in [2.24, 2.45) is 5.73 Å². The van der Waals surface area contributed by atoms with Crippen LogP contribution in [0.15, 0.2) is 12.2 Å². The molecule has 0 aromatic carbocycles. The van der Waals surface area contributed by atoms with E-state index in [0.717, 1.165) is 6.54 Å². The summed E-state index contributed by atoms with van der Waals surface area (Å²) >= 11 is 0. The molecule has 0 atom stereocenters. The molecule has 2 heteroatoms. The van der Waals surface area contributed by atoms with E-state index in [2.05, 4.69) is 24.8 Å². The number of hydrogen-bond acceptors (Lipinski definition) is 2. The van der Waals surface area contributed by atoms with Crippen molar-refractivity contribution in [3.63, 3.8) is 0 Å². The average molecular weight is 168 g/mol. The summed E-state index contributed by atoms with van der Waals surface area (Å²) in [5.74, 6) is 0.